The Morgan fingerprint density at radius 3 is 1.90 bits per heavy atom. The number of benzene rings is 3. The SMILES string of the molecule is CC(C)CC(CNC(=O)C(N)CCc1ccccc1)C(=O)NC(Cc1ccccc1)C(=O)OCc1ccccc1. The molecular formula is C33H41N3O4. The van der Waals surface area contributed by atoms with Gasteiger partial charge in [-0.25, -0.2) is 4.79 Å². The molecule has 3 rings (SSSR count). The second-order valence-corrected chi connectivity index (χ2v) is 10.5. The molecule has 2 amide bonds. The van der Waals surface area contributed by atoms with Crippen LogP contribution in [0.25, 0.3) is 0 Å². The summed E-state index contributed by atoms with van der Waals surface area (Å²) in [4.78, 5) is 39.3. The number of nitrogens with two attached hydrogens (primary N) is 1. The molecule has 3 aromatic carbocycles. The highest BCUT2D eigenvalue weighted by atomic mass is 16.5. The molecule has 212 valence electrons. The van der Waals surface area contributed by atoms with Crippen molar-refractivity contribution in [2.24, 2.45) is 17.6 Å². The number of nitrogens with one attached hydrogen (secondary N) is 2. The third kappa shape index (κ3) is 10.7. The summed E-state index contributed by atoms with van der Waals surface area (Å²) in [6.45, 7) is 4.29. The van der Waals surface area contributed by atoms with E-state index < -0.39 is 24.0 Å². The number of hydrogen-bond acceptors (Lipinski definition) is 5. The first kappa shape index (κ1) is 30.6. The van der Waals surface area contributed by atoms with E-state index in [1.807, 2.05) is 105 Å². The number of carbonyl (C=O) groups is 3. The summed E-state index contributed by atoms with van der Waals surface area (Å²) >= 11 is 0. The van der Waals surface area contributed by atoms with Crippen molar-refractivity contribution in [1.29, 1.82) is 0 Å². The first-order chi connectivity index (χ1) is 19.3. The Morgan fingerprint density at radius 2 is 1.32 bits per heavy atom. The highest BCUT2D eigenvalue weighted by Crippen LogP contribution is 2.14. The van der Waals surface area contributed by atoms with Gasteiger partial charge < -0.3 is 21.1 Å². The third-order valence-electron chi connectivity index (χ3n) is 6.68. The van der Waals surface area contributed by atoms with E-state index in [0.717, 1.165) is 16.7 Å². The number of carbonyl (C=O) groups excluding carboxylic acids is 3. The summed E-state index contributed by atoms with van der Waals surface area (Å²) < 4.78 is 5.58. The zero-order chi connectivity index (χ0) is 28.7. The molecule has 3 aromatic rings. The lowest BCUT2D eigenvalue weighted by Crippen LogP contribution is -2.49. The first-order valence-electron chi connectivity index (χ1n) is 13.9. The van der Waals surface area contributed by atoms with Crippen LogP contribution in [0.4, 0.5) is 0 Å². The van der Waals surface area contributed by atoms with Gasteiger partial charge in [-0.3, -0.25) is 9.59 Å². The van der Waals surface area contributed by atoms with Crippen LogP contribution in [0.5, 0.6) is 0 Å². The van der Waals surface area contributed by atoms with Gasteiger partial charge >= 0.3 is 5.97 Å². The van der Waals surface area contributed by atoms with Crippen LogP contribution < -0.4 is 16.4 Å². The molecule has 0 radical (unpaired) electrons. The lowest BCUT2D eigenvalue weighted by molar-refractivity contribution is -0.149. The maximum Gasteiger partial charge on any atom is 0.329 e. The molecule has 40 heavy (non-hydrogen) atoms. The minimum absolute atomic E-state index is 0.118. The van der Waals surface area contributed by atoms with E-state index in [9.17, 15) is 14.4 Å². The number of esters is 1. The van der Waals surface area contributed by atoms with Crippen molar-refractivity contribution >= 4 is 17.8 Å². The predicted octanol–water partition coefficient (Wildman–Crippen LogP) is 4.20. The van der Waals surface area contributed by atoms with E-state index in [1.165, 1.54) is 0 Å². The summed E-state index contributed by atoms with van der Waals surface area (Å²) in [5.74, 6) is -1.41. The predicted molar refractivity (Wildman–Crippen MR) is 157 cm³/mol. The zero-order valence-electron chi connectivity index (χ0n) is 23.4. The Balaban J connectivity index is 1.62. The molecule has 0 aliphatic heterocycles. The molecule has 0 bridgehead atoms. The molecule has 4 N–H and O–H groups in total. The molecule has 0 saturated carbocycles. The molecule has 3 unspecified atom stereocenters. The molecule has 0 spiro atoms. The number of amides is 2. The summed E-state index contributed by atoms with van der Waals surface area (Å²) in [6.07, 6.45) is 2.04. The molecule has 7 heteroatoms. The Morgan fingerprint density at radius 1 is 0.775 bits per heavy atom. The Kier molecular flexibility index (Phi) is 12.4. The van der Waals surface area contributed by atoms with E-state index in [2.05, 4.69) is 10.6 Å². The van der Waals surface area contributed by atoms with Gasteiger partial charge in [0.1, 0.15) is 12.6 Å². The van der Waals surface area contributed by atoms with Crippen LogP contribution in [0.1, 0.15) is 43.4 Å². The van der Waals surface area contributed by atoms with Gasteiger partial charge in [0, 0.05) is 13.0 Å². The third-order valence-corrected chi connectivity index (χ3v) is 6.68. The maximum atomic E-state index is 13.4. The van der Waals surface area contributed by atoms with E-state index in [-0.39, 0.29) is 30.9 Å². The monoisotopic (exact) mass is 543 g/mol. The van der Waals surface area contributed by atoms with E-state index in [4.69, 9.17) is 10.5 Å². The maximum absolute atomic E-state index is 13.4. The van der Waals surface area contributed by atoms with Crippen LogP contribution in [0.3, 0.4) is 0 Å². The van der Waals surface area contributed by atoms with Gasteiger partial charge in [-0.15, -0.1) is 0 Å². The number of hydrogen-bond donors (Lipinski definition) is 3. The van der Waals surface area contributed by atoms with Crippen LogP contribution in [-0.2, 0) is 38.6 Å². The van der Waals surface area contributed by atoms with Crippen molar-refractivity contribution in [3.8, 4) is 0 Å². The molecule has 0 saturated heterocycles. The molecule has 0 heterocycles. The van der Waals surface area contributed by atoms with Crippen LogP contribution in [0, 0.1) is 11.8 Å². The first-order valence-corrected chi connectivity index (χ1v) is 13.9. The summed E-state index contributed by atoms with van der Waals surface area (Å²) in [6, 6.07) is 27.2. The van der Waals surface area contributed by atoms with Gasteiger partial charge in [0.05, 0.1) is 12.0 Å². The van der Waals surface area contributed by atoms with Gasteiger partial charge in [-0.2, -0.15) is 0 Å². The van der Waals surface area contributed by atoms with Crippen LogP contribution in [0.2, 0.25) is 0 Å². The fourth-order valence-electron chi connectivity index (χ4n) is 4.47. The van der Waals surface area contributed by atoms with E-state index in [1.54, 1.807) is 0 Å². The molecule has 0 aliphatic rings. The second-order valence-electron chi connectivity index (χ2n) is 10.5. The van der Waals surface area contributed by atoms with Gasteiger partial charge in [-0.1, -0.05) is 105 Å². The van der Waals surface area contributed by atoms with Crippen molar-refractivity contribution in [2.45, 2.75) is 58.2 Å². The van der Waals surface area contributed by atoms with Crippen molar-refractivity contribution in [2.75, 3.05) is 6.54 Å². The topological polar surface area (TPSA) is 111 Å². The second kappa shape index (κ2) is 16.2. The van der Waals surface area contributed by atoms with E-state index >= 15 is 0 Å². The number of ether oxygens (including phenoxy) is 1. The molecular weight excluding hydrogens is 502 g/mol. The smallest absolute Gasteiger partial charge is 0.329 e. The molecule has 7 nitrogen and oxygen atoms in total. The lowest BCUT2D eigenvalue weighted by Gasteiger charge is -2.24. The molecule has 0 aromatic heterocycles. The largest absolute Gasteiger partial charge is 0.459 e. The van der Waals surface area contributed by atoms with Crippen LogP contribution in [-0.4, -0.2) is 36.4 Å². The van der Waals surface area contributed by atoms with Crippen molar-refractivity contribution < 1.29 is 19.1 Å². The highest BCUT2D eigenvalue weighted by Gasteiger charge is 2.28. The van der Waals surface area contributed by atoms with Crippen LogP contribution >= 0.6 is 0 Å². The molecule has 0 fully saturated rings. The quantitative estimate of drug-likeness (QED) is 0.249. The fraction of sp³-hybridized carbons (Fsp3) is 0.364. The van der Waals surface area contributed by atoms with Gasteiger partial charge in [0.2, 0.25) is 11.8 Å². The highest BCUT2D eigenvalue weighted by molar-refractivity contribution is 5.87. The average Bonchev–Trinajstić information content (AvgIpc) is 2.97. The lowest BCUT2D eigenvalue weighted by atomic mass is 9.95. The van der Waals surface area contributed by atoms with Gasteiger partial charge in [0.15, 0.2) is 0 Å². The minimum Gasteiger partial charge on any atom is -0.459 e. The fourth-order valence-corrected chi connectivity index (χ4v) is 4.47. The molecule has 0 aliphatic carbocycles. The van der Waals surface area contributed by atoms with Crippen molar-refractivity contribution in [1.82, 2.24) is 10.6 Å². The van der Waals surface area contributed by atoms with Gasteiger partial charge in [0.25, 0.3) is 0 Å². The summed E-state index contributed by atoms with van der Waals surface area (Å²) in [5, 5.41) is 5.77. The summed E-state index contributed by atoms with van der Waals surface area (Å²) in [7, 11) is 0. The number of aryl methyl sites for hydroxylation is 1. The number of rotatable bonds is 15. The Hall–Kier alpha value is -3.97. The zero-order valence-corrected chi connectivity index (χ0v) is 23.4. The van der Waals surface area contributed by atoms with E-state index in [0.29, 0.717) is 25.7 Å². The Labute approximate surface area is 237 Å². The average molecular weight is 544 g/mol. The van der Waals surface area contributed by atoms with Crippen molar-refractivity contribution in [3.05, 3.63) is 108 Å². The molecule has 3 atom stereocenters. The normalized spacial score (nSPS) is 13.2. The van der Waals surface area contributed by atoms with Crippen molar-refractivity contribution in [3.63, 3.8) is 0 Å². The van der Waals surface area contributed by atoms with Crippen LogP contribution in [0.15, 0.2) is 91.0 Å². The standard InChI is InChI=1S/C33H41N3O4/c1-24(2)20-28(22-35-32(38)29(34)19-18-25-12-6-3-7-13-25)31(37)36-30(21-26-14-8-4-9-15-26)33(39)40-23-27-16-10-5-11-17-27/h3-17,24,28-30H,18-23,34H2,1-2H3,(H,35,38)(H,36,37). The minimum atomic E-state index is -0.864. The van der Waals surface area contributed by atoms with Gasteiger partial charge in [-0.05, 0) is 41.9 Å². The summed E-state index contributed by atoms with van der Waals surface area (Å²) in [5.41, 5.74) is 9.03. The Bertz CT molecular complexity index is 1190.